The van der Waals surface area contributed by atoms with Gasteiger partial charge in [0, 0.05) is 13.1 Å². The van der Waals surface area contributed by atoms with Crippen molar-refractivity contribution in [3.05, 3.63) is 53.6 Å². The molecule has 0 spiro atoms. The summed E-state index contributed by atoms with van der Waals surface area (Å²) in [6.45, 7) is 1.84. The number of para-hydroxylation sites is 1. The molecule has 4 N–H and O–H groups in total. The van der Waals surface area contributed by atoms with Crippen molar-refractivity contribution < 1.29 is 29.0 Å². The number of anilines is 1. The number of aliphatic hydroxyl groups is 1. The average Bonchev–Trinajstić information content (AvgIpc) is 3.18. The molecule has 0 fully saturated rings. The van der Waals surface area contributed by atoms with Crippen LogP contribution in [0.2, 0.25) is 0 Å². The predicted molar refractivity (Wildman–Crippen MR) is 103 cm³/mol. The van der Waals surface area contributed by atoms with Crippen molar-refractivity contribution in [2.24, 2.45) is 0 Å². The zero-order chi connectivity index (χ0) is 20.8. The largest absolute Gasteiger partial charge is 0.454 e. The third-order valence-electron chi connectivity index (χ3n) is 4.07. The Morgan fingerprint density at radius 2 is 1.79 bits per heavy atom. The fourth-order valence-corrected chi connectivity index (χ4v) is 2.62. The SMILES string of the molecule is C[C@@H](O)CNC(=O)C(=O)Nc1ccccc1C(=O)NCc1ccc2c(c1)OCO2. The molecule has 1 aliphatic rings. The Hall–Kier alpha value is -3.59. The van der Waals surface area contributed by atoms with Gasteiger partial charge in [-0.1, -0.05) is 18.2 Å². The van der Waals surface area contributed by atoms with Crippen molar-refractivity contribution in [1.29, 1.82) is 0 Å². The molecular formula is C20H21N3O6. The number of carbonyl (C=O) groups excluding carboxylic acids is 3. The van der Waals surface area contributed by atoms with Crippen molar-refractivity contribution in [2.45, 2.75) is 19.6 Å². The molecule has 3 amide bonds. The summed E-state index contributed by atoms with van der Waals surface area (Å²) in [7, 11) is 0. The van der Waals surface area contributed by atoms with Gasteiger partial charge < -0.3 is 30.5 Å². The van der Waals surface area contributed by atoms with E-state index in [1.165, 1.54) is 19.1 Å². The van der Waals surface area contributed by atoms with E-state index in [0.29, 0.717) is 11.5 Å². The molecule has 1 heterocycles. The van der Waals surface area contributed by atoms with Crippen LogP contribution in [-0.2, 0) is 16.1 Å². The van der Waals surface area contributed by atoms with E-state index in [1.54, 1.807) is 24.3 Å². The molecule has 3 rings (SSSR count). The summed E-state index contributed by atoms with van der Waals surface area (Å²) in [6.07, 6.45) is -0.777. The summed E-state index contributed by atoms with van der Waals surface area (Å²) in [5.41, 5.74) is 1.24. The molecule has 0 aliphatic carbocycles. The second-order valence-electron chi connectivity index (χ2n) is 6.43. The molecule has 29 heavy (non-hydrogen) atoms. The maximum Gasteiger partial charge on any atom is 0.313 e. The van der Waals surface area contributed by atoms with E-state index in [4.69, 9.17) is 9.47 Å². The Morgan fingerprint density at radius 3 is 2.59 bits per heavy atom. The molecule has 0 radical (unpaired) electrons. The molecule has 0 saturated heterocycles. The lowest BCUT2D eigenvalue weighted by Crippen LogP contribution is -2.39. The molecule has 9 heteroatoms. The van der Waals surface area contributed by atoms with Crippen LogP contribution in [0.5, 0.6) is 11.5 Å². The maximum absolute atomic E-state index is 12.6. The number of amides is 3. The van der Waals surface area contributed by atoms with E-state index in [2.05, 4.69) is 16.0 Å². The van der Waals surface area contributed by atoms with Crippen molar-refractivity contribution in [2.75, 3.05) is 18.7 Å². The Bertz CT molecular complexity index is 928. The minimum Gasteiger partial charge on any atom is -0.454 e. The van der Waals surface area contributed by atoms with Crippen molar-refractivity contribution in [1.82, 2.24) is 10.6 Å². The first-order valence-electron chi connectivity index (χ1n) is 8.97. The molecular weight excluding hydrogens is 378 g/mol. The Kier molecular flexibility index (Phi) is 6.30. The second kappa shape index (κ2) is 9.07. The summed E-state index contributed by atoms with van der Waals surface area (Å²) in [5.74, 6) is -0.972. The van der Waals surface area contributed by atoms with Gasteiger partial charge in [-0.05, 0) is 36.8 Å². The smallest absolute Gasteiger partial charge is 0.313 e. The van der Waals surface area contributed by atoms with Gasteiger partial charge in [-0.25, -0.2) is 0 Å². The molecule has 152 valence electrons. The van der Waals surface area contributed by atoms with Gasteiger partial charge in [-0.2, -0.15) is 0 Å². The van der Waals surface area contributed by atoms with Crippen LogP contribution >= 0.6 is 0 Å². The van der Waals surface area contributed by atoms with Crippen LogP contribution in [0.1, 0.15) is 22.8 Å². The van der Waals surface area contributed by atoms with E-state index in [1.807, 2.05) is 6.07 Å². The standard InChI is InChI=1S/C20H21N3O6/c1-12(24)9-21-19(26)20(27)23-15-5-3-2-4-14(15)18(25)22-10-13-6-7-16-17(8-13)29-11-28-16/h2-8,12,24H,9-11H2,1H3,(H,21,26)(H,22,25)(H,23,27)/t12-/m1/s1. The van der Waals surface area contributed by atoms with Crippen LogP contribution in [0.4, 0.5) is 5.69 Å². The van der Waals surface area contributed by atoms with E-state index >= 15 is 0 Å². The van der Waals surface area contributed by atoms with E-state index in [-0.39, 0.29) is 31.1 Å². The van der Waals surface area contributed by atoms with Crippen LogP contribution in [0.3, 0.4) is 0 Å². The fraction of sp³-hybridized carbons (Fsp3) is 0.250. The maximum atomic E-state index is 12.6. The number of aliphatic hydroxyl groups excluding tert-OH is 1. The van der Waals surface area contributed by atoms with Gasteiger partial charge in [-0.3, -0.25) is 14.4 Å². The van der Waals surface area contributed by atoms with Gasteiger partial charge in [0.15, 0.2) is 11.5 Å². The molecule has 0 bridgehead atoms. The van der Waals surface area contributed by atoms with Crippen molar-refractivity contribution in [3.63, 3.8) is 0 Å². The number of fused-ring (bicyclic) bond motifs is 1. The normalized spacial score (nSPS) is 12.8. The van der Waals surface area contributed by atoms with Gasteiger partial charge >= 0.3 is 11.8 Å². The van der Waals surface area contributed by atoms with Crippen LogP contribution in [0.25, 0.3) is 0 Å². The van der Waals surface area contributed by atoms with Crippen molar-refractivity contribution in [3.8, 4) is 11.5 Å². The highest BCUT2D eigenvalue weighted by molar-refractivity contribution is 6.40. The highest BCUT2D eigenvalue weighted by Crippen LogP contribution is 2.32. The molecule has 1 atom stereocenters. The third-order valence-corrected chi connectivity index (χ3v) is 4.07. The number of nitrogens with one attached hydrogen (secondary N) is 3. The molecule has 0 aromatic heterocycles. The summed E-state index contributed by atoms with van der Waals surface area (Å²) in [4.78, 5) is 36.4. The lowest BCUT2D eigenvalue weighted by molar-refractivity contribution is -0.136. The lowest BCUT2D eigenvalue weighted by atomic mass is 10.1. The van der Waals surface area contributed by atoms with E-state index in [9.17, 15) is 19.5 Å². The molecule has 0 saturated carbocycles. The second-order valence-corrected chi connectivity index (χ2v) is 6.43. The van der Waals surface area contributed by atoms with Gasteiger partial charge in [0.1, 0.15) is 0 Å². The first-order valence-corrected chi connectivity index (χ1v) is 8.97. The summed E-state index contributed by atoms with van der Waals surface area (Å²) >= 11 is 0. The number of ether oxygens (including phenoxy) is 2. The molecule has 1 aliphatic heterocycles. The Balaban J connectivity index is 1.62. The number of benzene rings is 2. The van der Waals surface area contributed by atoms with Crippen LogP contribution in [0, 0.1) is 0 Å². The minimum absolute atomic E-state index is 0.0517. The zero-order valence-corrected chi connectivity index (χ0v) is 15.7. The number of carbonyl (C=O) groups is 3. The van der Waals surface area contributed by atoms with Crippen molar-refractivity contribution >= 4 is 23.4 Å². The van der Waals surface area contributed by atoms with Gasteiger partial charge in [0.05, 0.1) is 17.4 Å². The van der Waals surface area contributed by atoms with E-state index < -0.39 is 23.8 Å². The first-order chi connectivity index (χ1) is 13.9. The minimum atomic E-state index is -0.929. The van der Waals surface area contributed by atoms with Gasteiger partial charge in [0.25, 0.3) is 5.91 Å². The molecule has 9 nitrogen and oxygen atoms in total. The zero-order valence-electron chi connectivity index (χ0n) is 15.7. The average molecular weight is 399 g/mol. The lowest BCUT2D eigenvalue weighted by Gasteiger charge is -2.12. The number of hydrogen-bond acceptors (Lipinski definition) is 6. The first kappa shape index (κ1) is 20.2. The topological polar surface area (TPSA) is 126 Å². The third kappa shape index (κ3) is 5.23. The van der Waals surface area contributed by atoms with Gasteiger partial charge in [0.2, 0.25) is 6.79 Å². The summed E-state index contributed by atoms with van der Waals surface area (Å²) in [6, 6.07) is 11.7. The highest BCUT2D eigenvalue weighted by Gasteiger charge is 2.18. The fourth-order valence-electron chi connectivity index (χ4n) is 2.62. The summed E-state index contributed by atoms with van der Waals surface area (Å²) in [5, 5.41) is 16.7. The number of hydrogen-bond donors (Lipinski definition) is 4. The Labute approximate surface area is 167 Å². The van der Waals surface area contributed by atoms with Crippen LogP contribution in [0.15, 0.2) is 42.5 Å². The molecule has 2 aromatic carbocycles. The van der Waals surface area contributed by atoms with Gasteiger partial charge in [-0.15, -0.1) is 0 Å². The van der Waals surface area contributed by atoms with E-state index in [0.717, 1.165) is 5.56 Å². The summed E-state index contributed by atoms with van der Waals surface area (Å²) < 4.78 is 10.6. The molecule has 0 unspecified atom stereocenters. The molecule has 2 aromatic rings. The number of rotatable bonds is 6. The predicted octanol–water partition coefficient (Wildman–Crippen LogP) is 0.781. The highest BCUT2D eigenvalue weighted by atomic mass is 16.7. The van der Waals surface area contributed by atoms with Crippen LogP contribution in [-0.4, -0.2) is 42.3 Å². The Morgan fingerprint density at radius 1 is 1.03 bits per heavy atom. The van der Waals surface area contributed by atoms with Crippen LogP contribution < -0.4 is 25.4 Å². The monoisotopic (exact) mass is 399 g/mol. The quantitative estimate of drug-likeness (QED) is 0.532.